The molecule has 1 amide bonds. The van der Waals surface area contributed by atoms with Crippen molar-refractivity contribution in [2.75, 3.05) is 6.54 Å². The Hall–Kier alpha value is -3.48. The number of hydrogen-bond donors (Lipinski definition) is 1. The highest BCUT2D eigenvalue weighted by molar-refractivity contribution is 5.93. The Morgan fingerprint density at radius 3 is 2.92 bits per heavy atom. The molecule has 4 rings (SSSR count). The number of furan rings is 1. The average Bonchev–Trinajstić information content (AvgIpc) is 3.31. The maximum atomic E-state index is 12.4. The lowest BCUT2D eigenvalue weighted by Gasteiger charge is -2.07. The van der Waals surface area contributed by atoms with Crippen molar-refractivity contribution in [2.45, 2.75) is 13.3 Å². The molecule has 0 saturated heterocycles. The Bertz CT molecular complexity index is 1050. The summed E-state index contributed by atoms with van der Waals surface area (Å²) in [5.74, 6) is 0.570. The predicted molar refractivity (Wildman–Crippen MR) is 96.1 cm³/mol. The summed E-state index contributed by atoms with van der Waals surface area (Å²) in [6.07, 6.45) is 3.98. The van der Waals surface area contributed by atoms with Crippen LogP contribution < -0.4 is 5.32 Å². The summed E-state index contributed by atoms with van der Waals surface area (Å²) in [6, 6.07) is 13.4. The summed E-state index contributed by atoms with van der Waals surface area (Å²) < 4.78 is 6.91. The highest BCUT2D eigenvalue weighted by Gasteiger charge is 2.18. The number of hydrogen-bond acceptors (Lipinski definition) is 5. The molecule has 0 fully saturated rings. The van der Waals surface area contributed by atoms with E-state index in [4.69, 9.17) is 4.42 Å². The van der Waals surface area contributed by atoms with Gasteiger partial charge in [-0.25, -0.2) is 4.68 Å². The number of pyridine rings is 1. The van der Waals surface area contributed by atoms with Crippen LogP contribution in [0.1, 0.15) is 21.9 Å². The number of carbonyl (C=O) groups is 1. The molecule has 0 aliphatic carbocycles. The van der Waals surface area contributed by atoms with Gasteiger partial charge >= 0.3 is 0 Å². The summed E-state index contributed by atoms with van der Waals surface area (Å²) in [5.41, 5.74) is 2.58. The molecule has 0 aliphatic heterocycles. The van der Waals surface area contributed by atoms with Crippen LogP contribution in [0.15, 0.2) is 59.3 Å². The quantitative estimate of drug-likeness (QED) is 0.600. The smallest absolute Gasteiger partial charge is 0.273 e. The third-order valence-corrected chi connectivity index (χ3v) is 4.19. The van der Waals surface area contributed by atoms with Crippen molar-refractivity contribution in [1.82, 2.24) is 25.3 Å². The Morgan fingerprint density at radius 2 is 2.08 bits per heavy atom. The maximum absolute atomic E-state index is 12.4. The normalized spacial score (nSPS) is 11.0. The molecule has 0 bridgehead atoms. The molecule has 0 radical (unpaired) electrons. The minimum absolute atomic E-state index is 0.256. The van der Waals surface area contributed by atoms with Gasteiger partial charge in [0.15, 0.2) is 5.69 Å². The minimum Gasteiger partial charge on any atom is -0.469 e. The molecule has 4 aromatic rings. The fourth-order valence-corrected chi connectivity index (χ4v) is 2.86. The molecule has 3 heterocycles. The van der Waals surface area contributed by atoms with Crippen molar-refractivity contribution in [1.29, 1.82) is 0 Å². The van der Waals surface area contributed by atoms with E-state index in [0.29, 0.717) is 24.4 Å². The lowest BCUT2D eigenvalue weighted by atomic mass is 10.2. The number of rotatable bonds is 5. The molecule has 130 valence electrons. The lowest BCUT2D eigenvalue weighted by Crippen LogP contribution is -2.26. The van der Waals surface area contributed by atoms with Crippen LogP contribution >= 0.6 is 0 Å². The summed E-state index contributed by atoms with van der Waals surface area (Å²) >= 11 is 0. The number of para-hydroxylation sites is 1. The van der Waals surface area contributed by atoms with Gasteiger partial charge in [-0.2, -0.15) is 0 Å². The van der Waals surface area contributed by atoms with Crippen molar-refractivity contribution in [2.24, 2.45) is 0 Å². The van der Waals surface area contributed by atoms with E-state index >= 15 is 0 Å². The molecule has 0 atom stereocenters. The van der Waals surface area contributed by atoms with Gasteiger partial charge < -0.3 is 9.73 Å². The molecule has 1 aromatic carbocycles. The maximum Gasteiger partial charge on any atom is 0.273 e. The first-order valence-corrected chi connectivity index (χ1v) is 8.31. The fourth-order valence-electron chi connectivity index (χ4n) is 2.86. The van der Waals surface area contributed by atoms with Crippen molar-refractivity contribution in [3.8, 4) is 5.69 Å². The first kappa shape index (κ1) is 16.0. The van der Waals surface area contributed by atoms with E-state index in [1.54, 1.807) is 17.1 Å². The standard InChI is InChI=1S/C19H17N5O2/c1-13-17(19(25)21-11-9-15-7-4-12-26-15)22-23-24(13)16-8-2-5-14-6-3-10-20-18(14)16/h2-8,10,12H,9,11H2,1H3,(H,21,25). The van der Waals surface area contributed by atoms with Gasteiger partial charge in [0.05, 0.1) is 23.2 Å². The van der Waals surface area contributed by atoms with Crippen LogP contribution in [0.5, 0.6) is 0 Å². The molecule has 7 heteroatoms. The van der Waals surface area contributed by atoms with Crippen molar-refractivity contribution < 1.29 is 9.21 Å². The molecule has 0 unspecified atom stereocenters. The molecular formula is C19H17N5O2. The number of carbonyl (C=O) groups excluding carboxylic acids is 1. The van der Waals surface area contributed by atoms with E-state index in [1.165, 1.54) is 0 Å². The molecule has 0 saturated carbocycles. The van der Waals surface area contributed by atoms with Crippen molar-refractivity contribution >= 4 is 16.8 Å². The molecule has 0 aliphatic rings. The van der Waals surface area contributed by atoms with E-state index in [2.05, 4.69) is 20.6 Å². The molecule has 1 N–H and O–H groups in total. The highest BCUT2D eigenvalue weighted by Crippen LogP contribution is 2.21. The SMILES string of the molecule is Cc1c(C(=O)NCCc2ccco2)nnn1-c1cccc2cccnc12. The van der Waals surface area contributed by atoms with Gasteiger partial charge in [0.25, 0.3) is 5.91 Å². The van der Waals surface area contributed by atoms with Crippen LogP contribution in [0.4, 0.5) is 0 Å². The predicted octanol–water partition coefficient (Wildman–Crippen LogP) is 2.69. The van der Waals surface area contributed by atoms with Crippen LogP contribution in [-0.2, 0) is 6.42 Å². The molecule has 3 aromatic heterocycles. The Morgan fingerprint density at radius 1 is 1.19 bits per heavy atom. The Labute approximate surface area is 149 Å². The number of nitrogens with one attached hydrogen (secondary N) is 1. The summed E-state index contributed by atoms with van der Waals surface area (Å²) in [4.78, 5) is 16.9. The van der Waals surface area contributed by atoms with Crippen LogP contribution in [0.2, 0.25) is 0 Å². The van der Waals surface area contributed by atoms with Crippen LogP contribution in [0.3, 0.4) is 0 Å². The van der Waals surface area contributed by atoms with E-state index in [9.17, 15) is 4.79 Å². The van der Waals surface area contributed by atoms with Gasteiger partial charge in [-0.1, -0.05) is 23.4 Å². The monoisotopic (exact) mass is 347 g/mol. The largest absolute Gasteiger partial charge is 0.469 e. The topological polar surface area (TPSA) is 85.8 Å². The van der Waals surface area contributed by atoms with E-state index in [0.717, 1.165) is 22.4 Å². The third-order valence-electron chi connectivity index (χ3n) is 4.19. The third kappa shape index (κ3) is 2.95. The lowest BCUT2D eigenvalue weighted by molar-refractivity contribution is 0.0948. The number of nitrogens with zero attached hydrogens (tertiary/aromatic N) is 4. The van der Waals surface area contributed by atoms with Crippen molar-refractivity contribution in [3.63, 3.8) is 0 Å². The Kier molecular flexibility index (Phi) is 4.18. The molecular weight excluding hydrogens is 330 g/mol. The van der Waals surface area contributed by atoms with E-state index < -0.39 is 0 Å². The summed E-state index contributed by atoms with van der Waals surface area (Å²) in [5, 5.41) is 12.1. The van der Waals surface area contributed by atoms with Gasteiger partial charge in [0.2, 0.25) is 0 Å². The van der Waals surface area contributed by atoms with Crippen LogP contribution in [0.25, 0.3) is 16.6 Å². The first-order valence-electron chi connectivity index (χ1n) is 8.31. The fraction of sp³-hybridized carbons (Fsp3) is 0.158. The minimum atomic E-state index is -0.256. The van der Waals surface area contributed by atoms with Crippen LogP contribution in [-0.4, -0.2) is 32.4 Å². The zero-order valence-corrected chi connectivity index (χ0v) is 14.2. The van der Waals surface area contributed by atoms with Crippen molar-refractivity contribution in [3.05, 3.63) is 72.1 Å². The average molecular weight is 347 g/mol. The number of benzene rings is 1. The van der Waals surface area contributed by atoms with Gasteiger partial charge in [-0.3, -0.25) is 9.78 Å². The molecule has 7 nitrogen and oxygen atoms in total. The zero-order valence-electron chi connectivity index (χ0n) is 14.2. The number of fused-ring (bicyclic) bond motifs is 1. The van der Waals surface area contributed by atoms with Crippen LogP contribution in [0, 0.1) is 6.92 Å². The second-order valence-electron chi connectivity index (χ2n) is 5.87. The van der Waals surface area contributed by atoms with E-state index in [-0.39, 0.29) is 5.91 Å². The number of amides is 1. The first-order chi connectivity index (χ1) is 12.7. The van der Waals surface area contributed by atoms with Gasteiger partial charge in [0.1, 0.15) is 5.76 Å². The summed E-state index contributed by atoms with van der Waals surface area (Å²) in [7, 11) is 0. The highest BCUT2D eigenvalue weighted by atomic mass is 16.3. The summed E-state index contributed by atoms with van der Waals surface area (Å²) in [6.45, 7) is 2.29. The van der Waals surface area contributed by atoms with E-state index in [1.807, 2.05) is 49.4 Å². The second-order valence-corrected chi connectivity index (χ2v) is 5.87. The van der Waals surface area contributed by atoms with Gasteiger partial charge in [-0.05, 0) is 31.2 Å². The zero-order chi connectivity index (χ0) is 17.9. The molecule has 0 spiro atoms. The van der Waals surface area contributed by atoms with Gasteiger partial charge in [0, 0.05) is 24.5 Å². The van der Waals surface area contributed by atoms with Gasteiger partial charge in [-0.15, -0.1) is 5.10 Å². The second kappa shape index (κ2) is 6.79. The number of aromatic nitrogens is 4. The molecule has 26 heavy (non-hydrogen) atoms. The Balaban J connectivity index is 1.56.